The molecular weight excluding hydrogens is 281 g/mol. The van der Waals surface area contributed by atoms with Gasteiger partial charge in [0.25, 0.3) is 0 Å². The minimum absolute atomic E-state index is 0. The molecule has 0 unspecified atom stereocenters. The highest BCUT2D eigenvalue weighted by molar-refractivity contribution is 7.90. The molecule has 0 aromatic heterocycles. The molecule has 0 aliphatic rings. The van der Waals surface area contributed by atoms with Crippen LogP contribution in [0.1, 0.15) is 0 Å². The van der Waals surface area contributed by atoms with Crippen LogP contribution in [0.15, 0.2) is 29.2 Å². The van der Waals surface area contributed by atoms with Crippen LogP contribution >= 0.6 is 12.4 Å². The summed E-state index contributed by atoms with van der Waals surface area (Å²) in [7, 11) is -3.33. The average Bonchev–Trinajstić information content (AvgIpc) is 2.13. The molecule has 0 heterocycles. The molecule has 0 saturated heterocycles. The second-order valence-corrected chi connectivity index (χ2v) is 5.06. The van der Waals surface area contributed by atoms with E-state index >= 15 is 0 Å². The summed E-state index contributed by atoms with van der Waals surface area (Å²) in [6, 6.07) is 4.90. The highest BCUT2D eigenvalue weighted by atomic mass is 35.5. The predicted octanol–water partition coefficient (Wildman–Crippen LogP) is 1.95. The van der Waals surface area contributed by atoms with E-state index in [1.807, 2.05) is 5.43 Å². The number of halogens is 4. The van der Waals surface area contributed by atoms with Crippen molar-refractivity contribution in [3.8, 4) is 0 Å². The van der Waals surface area contributed by atoms with E-state index in [0.29, 0.717) is 0 Å². The number of alkyl halides is 3. The molecule has 1 aromatic carbocycles. The first kappa shape index (κ1) is 16.0. The predicted molar refractivity (Wildman–Crippen MR) is 59.6 cm³/mol. The van der Waals surface area contributed by atoms with Gasteiger partial charge >= 0.3 is 6.30 Å². The van der Waals surface area contributed by atoms with Crippen molar-refractivity contribution in [1.82, 2.24) is 5.43 Å². The maximum absolute atomic E-state index is 11.7. The van der Waals surface area contributed by atoms with Crippen LogP contribution in [0.5, 0.6) is 0 Å². The van der Waals surface area contributed by atoms with Crippen molar-refractivity contribution in [2.45, 2.75) is 11.2 Å². The van der Waals surface area contributed by atoms with Crippen molar-refractivity contribution in [3.63, 3.8) is 0 Å². The van der Waals surface area contributed by atoms with Gasteiger partial charge < -0.3 is 5.43 Å². The van der Waals surface area contributed by atoms with E-state index in [1.54, 1.807) is 0 Å². The molecule has 0 amide bonds. The molecule has 0 aliphatic carbocycles. The molecule has 0 spiro atoms. The Morgan fingerprint density at radius 3 is 1.94 bits per heavy atom. The number of nitrogens with one attached hydrogen (secondary N) is 2. The second kappa shape index (κ2) is 5.56. The minimum Gasteiger partial charge on any atom is -0.314 e. The Balaban J connectivity index is 0.00000256. The Labute approximate surface area is 103 Å². The number of sulfone groups is 1. The molecular formula is C8H10ClF3N2O2S. The molecule has 17 heavy (non-hydrogen) atoms. The van der Waals surface area contributed by atoms with Crippen LogP contribution < -0.4 is 10.9 Å². The van der Waals surface area contributed by atoms with Gasteiger partial charge in [-0.25, -0.2) is 8.42 Å². The third-order valence-electron chi connectivity index (χ3n) is 1.63. The lowest BCUT2D eigenvalue weighted by Gasteiger charge is -2.11. The standard InChI is InChI=1S/C8H9F3N2O2S.ClH/c1-16(14,15)7-4-2-6(3-5-7)12-13-8(9,10)11;/h2-5,12-13H,1H3;1H. The molecule has 4 nitrogen and oxygen atoms in total. The molecule has 1 rings (SSSR count). The highest BCUT2D eigenvalue weighted by Gasteiger charge is 2.26. The summed E-state index contributed by atoms with van der Waals surface area (Å²) < 4.78 is 57.3. The average molecular weight is 291 g/mol. The fraction of sp³-hybridized carbons (Fsp3) is 0.250. The van der Waals surface area contributed by atoms with Gasteiger partial charge in [0.15, 0.2) is 9.84 Å². The normalized spacial score (nSPS) is 11.8. The quantitative estimate of drug-likeness (QED) is 0.660. The zero-order valence-electron chi connectivity index (χ0n) is 8.58. The summed E-state index contributed by atoms with van der Waals surface area (Å²) in [5, 5.41) is 0. The number of hydrogen-bond donors (Lipinski definition) is 2. The van der Waals surface area contributed by atoms with E-state index in [0.717, 1.165) is 11.7 Å². The van der Waals surface area contributed by atoms with Crippen LogP contribution in [-0.2, 0) is 9.84 Å². The molecule has 2 N–H and O–H groups in total. The second-order valence-electron chi connectivity index (χ2n) is 3.04. The summed E-state index contributed by atoms with van der Waals surface area (Å²) in [5.41, 5.74) is 3.11. The SMILES string of the molecule is CS(=O)(=O)c1ccc(NNC(F)(F)F)cc1.Cl. The Hall–Kier alpha value is -0.990. The van der Waals surface area contributed by atoms with Crippen LogP contribution in [0.25, 0.3) is 0 Å². The van der Waals surface area contributed by atoms with Gasteiger partial charge in [0, 0.05) is 11.9 Å². The maximum atomic E-state index is 11.7. The molecule has 0 saturated carbocycles. The first-order valence-electron chi connectivity index (χ1n) is 4.08. The fourth-order valence-electron chi connectivity index (χ4n) is 0.929. The zero-order valence-corrected chi connectivity index (χ0v) is 10.2. The van der Waals surface area contributed by atoms with E-state index in [4.69, 9.17) is 0 Å². The summed E-state index contributed by atoms with van der Waals surface area (Å²) in [5.74, 6) is 0. The van der Waals surface area contributed by atoms with Crippen molar-refractivity contribution in [1.29, 1.82) is 0 Å². The van der Waals surface area contributed by atoms with Crippen molar-refractivity contribution in [3.05, 3.63) is 24.3 Å². The van der Waals surface area contributed by atoms with Gasteiger partial charge in [-0.3, -0.25) is 0 Å². The van der Waals surface area contributed by atoms with Crippen molar-refractivity contribution in [2.24, 2.45) is 0 Å². The van der Waals surface area contributed by atoms with E-state index < -0.39 is 16.1 Å². The van der Waals surface area contributed by atoms with Crippen LogP contribution in [0.2, 0.25) is 0 Å². The number of anilines is 1. The van der Waals surface area contributed by atoms with Gasteiger partial charge in [0.05, 0.1) is 4.90 Å². The number of hydrogen-bond acceptors (Lipinski definition) is 4. The number of hydrazine groups is 1. The Morgan fingerprint density at radius 2 is 1.59 bits per heavy atom. The summed E-state index contributed by atoms with van der Waals surface area (Å²) in [4.78, 5) is 0.0464. The molecule has 0 atom stereocenters. The minimum atomic E-state index is -4.55. The molecule has 0 bridgehead atoms. The monoisotopic (exact) mass is 290 g/mol. The van der Waals surface area contributed by atoms with Crippen LogP contribution in [0.3, 0.4) is 0 Å². The lowest BCUT2D eigenvalue weighted by atomic mass is 10.3. The van der Waals surface area contributed by atoms with E-state index in [2.05, 4.69) is 0 Å². The van der Waals surface area contributed by atoms with Crippen molar-refractivity contribution < 1.29 is 21.6 Å². The van der Waals surface area contributed by atoms with E-state index in [9.17, 15) is 21.6 Å². The third kappa shape index (κ3) is 5.76. The van der Waals surface area contributed by atoms with Gasteiger partial charge in [0.1, 0.15) is 0 Å². The van der Waals surface area contributed by atoms with Crippen molar-refractivity contribution in [2.75, 3.05) is 11.7 Å². The van der Waals surface area contributed by atoms with Gasteiger partial charge in [-0.15, -0.1) is 17.8 Å². The lowest BCUT2D eigenvalue weighted by Crippen LogP contribution is -2.36. The van der Waals surface area contributed by atoms with Crippen molar-refractivity contribution >= 4 is 27.9 Å². The van der Waals surface area contributed by atoms with E-state index in [1.165, 1.54) is 24.3 Å². The van der Waals surface area contributed by atoms with E-state index in [-0.39, 0.29) is 23.0 Å². The smallest absolute Gasteiger partial charge is 0.314 e. The van der Waals surface area contributed by atoms with Crippen LogP contribution in [-0.4, -0.2) is 21.0 Å². The molecule has 98 valence electrons. The first-order chi connectivity index (χ1) is 7.18. The molecule has 9 heteroatoms. The van der Waals surface area contributed by atoms with Crippen LogP contribution in [0.4, 0.5) is 18.9 Å². The Bertz CT molecular complexity index is 459. The number of benzene rings is 1. The molecule has 0 radical (unpaired) electrons. The highest BCUT2D eigenvalue weighted by Crippen LogP contribution is 2.15. The summed E-state index contributed by atoms with van der Waals surface area (Å²) >= 11 is 0. The molecule has 0 fully saturated rings. The van der Waals surface area contributed by atoms with Gasteiger partial charge in [-0.05, 0) is 24.3 Å². The van der Waals surface area contributed by atoms with Gasteiger partial charge in [-0.2, -0.15) is 13.2 Å². The summed E-state index contributed by atoms with van der Waals surface area (Å²) in [6.45, 7) is 0. The largest absolute Gasteiger partial charge is 0.474 e. The van der Waals surface area contributed by atoms with Gasteiger partial charge in [-0.1, -0.05) is 0 Å². The Kier molecular flexibility index (Phi) is 5.24. The Morgan fingerprint density at radius 1 is 1.12 bits per heavy atom. The zero-order chi connectivity index (χ0) is 12.4. The fourth-order valence-corrected chi connectivity index (χ4v) is 1.56. The number of rotatable bonds is 3. The summed E-state index contributed by atoms with van der Waals surface area (Å²) in [6.07, 6.45) is -3.53. The lowest BCUT2D eigenvalue weighted by molar-refractivity contribution is -0.151. The molecule has 1 aromatic rings. The molecule has 0 aliphatic heterocycles. The first-order valence-corrected chi connectivity index (χ1v) is 5.98. The van der Waals surface area contributed by atoms with Gasteiger partial charge in [0.2, 0.25) is 0 Å². The van der Waals surface area contributed by atoms with Crippen LogP contribution in [0, 0.1) is 0 Å². The topological polar surface area (TPSA) is 58.2 Å². The maximum Gasteiger partial charge on any atom is 0.474 e. The third-order valence-corrected chi connectivity index (χ3v) is 2.76.